The molecule has 0 aromatic rings. The first-order chi connectivity index (χ1) is 6.60. The lowest BCUT2D eigenvalue weighted by atomic mass is 9.79. The van der Waals surface area contributed by atoms with Crippen LogP contribution in [-0.2, 0) is 0 Å². The summed E-state index contributed by atoms with van der Waals surface area (Å²) in [6.45, 7) is 10.8. The van der Waals surface area contributed by atoms with E-state index in [1.807, 2.05) is 0 Å². The molecule has 1 aliphatic rings. The predicted octanol–water partition coefficient (Wildman–Crippen LogP) is 2.11. The molecule has 84 valence electrons. The van der Waals surface area contributed by atoms with Crippen molar-refractivity contribution in [2.75, 3.05) is 26.7 Å². The number of unbranched alkanes of at least 4 members (excludes halogenated alkanes) is 1. The van der Waals surface area contributed by atoms with E-state index in [-0.39, 0.29) is 0 Å². The predicted molar refractivity (Wildman–Crippen MR) is 62.6 cm³/mol. The molecular weight excluding hydrogens is 172 g/mol. The molecule has 14 heavy (non-hydrogen) atoms. The molecule has 0 spiro atoms. The number of rotatable bonds is 4. The van der Waals surface area contributed by atoms with Crippen LogP contribution in [0.25, 0.3) is 0 Å². The van der Waals surface area contributed by atoms with Crippen molar-refractivity contribution in [1.82, 2.24) is 10.2 Å². The van der Waals surface area contributed by atoms with E-state index in [4.69, 9.17) is 0 Å². The van der Waals surface area contributed by atoms with E-state index in [1.165, 1.54) is 38.9 Å². The molecule has 1 fully saturated rings. The van der Waals surface area contributed by atoms with Gasteiger partial charge in [-0.05, 0) is 38.4 Å². The third-order valence-corrected chi connectivity index (χ3v) is 3.48. The zero-order chi connectivity index (χ0) is 10.6. The molecule has 0 amide bonds. The van der Waals surface area contributed by atoms with Crippen LogP contribution in [0.1, 0.15) is 40.0 Å². The van der Waals surface area contributed by atoms with Crippen LogP contribution >= 0.6 is 0 Å². The zero-order valence-corrected chi connectivity index (χ0v) is 10.3. The Morgan fingerprint density at radius 3 is 2.64 bits per heavy atom. The average Bonchev–Trinajstić information content (AvgIpc) is 2.13. The first-order valence-corrected chi connectivity index (χ1v) is 5.99. The summed E-state index contributed by atoms with van der Waals surface area (Å²) in [5, 5.41) is 3.44. The third kappa shape index (κ3) is 2.96. The number of hydrogen-bond donors (Lipinski definition) is 1. The maximum Gasteiger partial charge on any atom is 0.0140 e. The maximum absolute atomic E-state index is 3.44. The van der Waals surface area contributed by atoms with Gasteiger partial charge in [0, 0.05) is 12.6 Å². The third-order valence-electron chi connectivity index (χ3n) is 3.48. The summed E-state index contributed by atoms with van der Waals surface area (Å²) in [7, 11) is 2.09. The maximum atomic E-state index is 3.44. The van der Waals surface area contributed by atoms with E-state index >= 15 is 0 Å². The number of nitrogens with zero attached hydrogens (tertiary/aromatic N) is 1. The van der Waals surface area contributed by atoms with Crippen molar-refractivity contribution < 1.29 is 0 Å². The van der Waals surface area contributed by atoms with Crippen LogP contribution in [0.15, 0.2) is 0 Å². The normalized spacial score (nSPS) is 27.9. The second-order valence-corrected chi connectivity index (χ2v) is 5.25. The molecule has 0 aromatic carbocycles. The van der Waals surface area contributed by atoms with Crippen molar-refractivity contribution in [3.63, 3.8) is 0 Å². The Morgan fingerprint density at radius 1 is 1.43 bits per heavy atom. The first kappa shape index (κ1) is 12.0. The summed E-state index contributed by atoms with van der Waals surface area (Å²) in [6, 6.07) is 0.695. The van der Waals surface area contributed by atoms with Crippen molar-refractivity contribution in [3.05, 3.63) is 0 Å². The number of likely N-dealkylation sites (tertiary alicyclic amines) is 1. The lowest BCUT2D eigenvalue weighted by Crippen LogP contribution is -2.53. The van der Waals surface area contributed by atoms with Gasteiger partial charge in [0.25, 0.3) is 0 Å². The second kappa shape index (κ2) is 5.13. The van der Waals surface area contributed by atoms with Crippen LogP contribution in [0.3, 0.4) is 0 Å². The minimum absolute atomic E-state index is 0.431. The van der Waals surface area contributed by atoms with E-state index in [2.05, 4.69) is 38.0 Å². The van der Waals surface area contributed by atoms with Crippen molar-refractivity contribution in [1.29, 1.82) is 0 Å². The minimum Gasteiger partial charge on any atom is -0.316 e. The highest BCUT2D eigenvalue weighted by atomic mass is 15.2. The molecule has 0 radical (unpaired) electrons. The second-order valence-electron chi connectivity index (χ2n) is 5.25. The van der Waals surface area contributed by atoms with E-state index in [0.717, 1.165) is 0 Å². The Bertz CT molecular complexity index is 166. The van der Waals surface area contributed by atoms with E-state index in [9.17, 15) is 0 Å². The van der Waals surface area contributed by atoms with Gasteiger partial charge in [-0.15, -0.1) is 0 Å². The van der Waals surface area contributed by atoms with Gasteiger partial charge in [0.1, 0.15) is 0 Å². The molecule has 1 rings (SSSR count). The highest BCUT2D eigenvalue weighted by Crippen LogP contribution is 2.28. The summed E-state index contributed by atoms with van der Waals surface area (Å²) in [5.41, 5.74) is 0.431. The fourth-order valence-electron chi connectivity index (χ4n) is 2.58. The Balaban J connectivity index is 2.41. The molecule has 1 aliphatic heterocycles. The van der Waals surface area contributed by atoms with Crippen LogP contribution in [0.4, 0.5) is 0 Å². The molecule has 1 saturated heterocycles. The minimum atomic E-state index is 0.431. The number of piperidine rings is 1. The van der Waals surface area contributed by atoms with Crippen molar-refractivity contribution in [3.8, 4) is 0 Å². The van der Waals surface area contributed by atoms with E-state index < -0.39 is 0 Å². The van der Waals surface area contributed by atoms with Gasteiger partial charge in [0.2, 0.25) is 0 Å². The van der Waals surface area contributed by atoms with Gasteiger partial charge >= 0.3 is 0 Å². The van der Waals surface area contributed by atoms with Crippen molar-refractivity contribution in [2.45, 2.75) is 46.1 Å². The van der Waals surface area contributed by atoms with Crippen molar-refractivity contribution in [2.24, 2.45) is 5.41 Å². The summed E-state index contributed by atoms with van der Waals surface area (Å²) in [5.74, 6) is 0. The molecule has 1 atom stereocenters. The highest BCUT2D eigenvalue weighted by molar-refractivity contribution is 4.90. The summed E-state index contributed by atoms with van der Waals surface area (Å²) < 4.78 is 0. The molecule has 0 aliphatic carbocycles. The largest absolute Gasteiger partial charge is 0.316 e. The average molecular weight is 198 g/mol. The van der Waals surface area contributed by atoms with Crippen LogP contribution < -0.4 is 5.32 Å². The first-order valence-electron chi connectivity index (χ1n) is 5.99. The Hall–Kier alpha value is -0.0800. The molecule has 1 N–H and O–H groups in total. The summed E-state index contributed by atoms with van der Waals surface area (Å²) in [6.07, 6.45) is 3.96. The van der Waals surface area contributed by atoms with Gasteiger partial charge in [0.05, 0.1) is 0 Å². The molecule has 1 heterocycles. The van der Waals surface area contributed by atoms with Gasteiger partial charge in [-0.1, -0.05) is 27.2 Å². The fraction of sp³-hybridized carbons (Fsp3) is 1.00. The molecule has 0 saturated carbocycles. The smallest absolute Gasteiger partial charge is 0.0140 e. The number of hydrogen-bond acceptors (Lipinski definition) is 2. The van der Waals surface area contributed by atoms with Crippen LogP contribution in [-0.4, -0.2) is 37.6 Å². The van der Waals surface area contributed by atoms with Gasteiger partial charge in [0.15, 0.2) is 0 Å². The lowest BCUT2D eigenvalue weighted by Gasteiger charge is -2.44. The highest BCUT2D eigenvalue weighted by Gasteiger charge is 2.34. The standard InChI is InChI=1S/C12H26N2/c1-5-6-8-14-9-7-11(13-4)12(2,3)10-14/h11,13H,5-10H2,1-4H3. The van der Waals surface area contributed by atoms with E-state index in [0.29, 0.717) is 11.5 Å². The van der Waals surface area contributed by atoms with Crippen LogP contribution in [0.5, 0.6) is 0 Å². The van der Waals surface area contributed by atoms with Gasteiger partial charge < -0.3 is 10.2 Å². The monoisotopic (exact) mass is 198 g/mol. The van der Waals surface area contributed by atoms with Crippen LogP contribution in [0, 0.1) is 5.41 Å². The van der Waals surface area contributed by atoms with Gasteiger partial charge in [-0.3, -0.25) is 0 Å². The molecule has 2 heteroatoms. The van der Waals surface area contributed by atoms with Crippen molar-refractivity contribution >= 4 is 0 Å². The molecule has 2 nitrogen and oxygen atoms in total. The molecular formula is C12H26N2. The Kier molecular flexibility index (Phi) is 4.39. The van der Waals surface area contributed by atoms with Gasteiger partial charge in [-0.25, -0.2) is 0 Å². The Morgan fingerprint density at radius 2 is 2.14 bits per heavy atom. The zero-order valence-electron chi connectivity index (χ0n) is 10.3. The summed E-state index contributed by atoms with van der Waals surface area (Å²) in [4.78, 5) is 2.62. The fourth-order valence-corrected chi connectivity index (χ4v) is 2.58. The van der Waals surface area contributed by atoms with E-state index in [1.54, 1.807) is 0 Å². The quantitative estimate of drug-likeness (QED) is 0.744. The molecule has 0 aromatic heterocycles. The van der Waals surface area contributed by atoms with Gasteiger partial charge in [-0.2, -0.15) is 0 Å². The molecule has 0 bridgehead atoms. The number of nitrogens with one attached hydrogen (secondary N) is 1. The Labute approximate surface area is 89.1 Å². The SMILES string of the molecule is CCCCN1CCC(NC)C(C)(C)C1. The summed E-state index contributed by atoms with van der Waals surface area (Å²) >= 11 is 0. The topological polar surface area (TPSA) is 15.3 Å². The van der Waals surface area contributed by atoms with Crippen LogP contribution in [0.2, 0.25) is 0 Å². The lowest BCUT2D eigenvalue weighted by molar-refractivity contribution is 0.0807. The molecule has 1 unspecified atom stereocenters.